The monoisotopic (exact) mass is 253 g/mol. The Morgan fingerprint density at radius 3 is 2.82 bits per heavy atom. The predicted octanol–water partition coefficient (Wildman–Crippen LogP) is 0.462. The van der Waals surface area contributed by atoms with E-state index in [1.165, 1.54) is 0 Å². The van der Waals surface area contributed by atoms with Gasteiger partial charge < -0.3 is 5.73 Å². The van der Waals surface area contributed by atoms with Gasteiger partial charge in [-0.05, 0) is 18.6 Å². The van der Waals surface area contributed by atoms with E-state index in [0.29, 0.717) is 17.9 Å². The van der Waals surface area contributed by atoms with Gasteiger partial charge in [0.2, 0.25) is 0 Å². The number of nitrogens with zero attached hydrogens (tertiary/aromatic N) is 1. The first kappa shape index (κ1) is 12.1. The van der Waals surface area contributed by atoms with Crippen LogP contribution in [0.1, 0.15) is 18.9 Å². The van der Waals surface area contributed by atoms with Crippen molar-refractivity contribution < 1.29 is 8.42 Å². The molecule has 1 heterocycles. The summed E-state index contributed by atoms with van der Waals surface area (Å²) in [6, 6.07) is 6.75. The van der Waals surface area contributed by atoms with Crippen LogP contribution < -0.4 is 10.5 Å². The SMILES string of the molecule is CCC(N)CN=C1NS(=O)(=O)c2ccccc21. The Labute approximate surface area is 101 Å². The number of hydrogen-bond acceptors (Lipinski definition) is 4. The van der Waals surface area contributed by atoms with Gasteiger partial charge in [-0.3, -0.25) is 9.71 Å². The van der Waals surface area contributed by atoms with Crippen molar-refractivity contribution in [2.75, 3.05) is 6.54 Å². The minimum absolute atomic E-state index is 0.0419. The van der Waals surface area contributed by atoms with Crippen LogP contribution in [0.5, 0.6) is 0 Å². The largest absolute Gasteiger partial charge is 0.326 e. The zero-order chi connectivity index (χ0) is 12.5. The second-order valence-corrected chi connectivity index (χ2v) is 5.61. The quantitative estimate of drug-likeness (QED) is 0.820. The molecule has 0 saturated carbocycles. The number of rotatable bonds is 3. The number of hydrogen-bond donors (Lipinski definition) is 2. The van der Waals surface area contributed by atoms with E-state index < -0.39 is 10.0 Å². The maximum atomic E-state index is 11.8. The van der Waals surface area contributed by atoms with Crippen molar-refractivity contribution in [3.63, 3.8) is 0 Å². The second kappa shape index (κ2) is 4.46. The van der Waals surface area contributed by atoms with Crippen LogP contribution >= 0.6 is 0 Å². The van der Waals surface area contributed by atoms with Crippen molar-refractivity contribution in [1.82, 2.24) is 4.72 Å². The van der Waals surface area contributed by atoms with Crippen LogP contribution in [-0.2, 0) is 10.0 Å². The third kappa shape index (κ3) is 2.32. The molecule has 1 atom stereocenters. The molecule has 0 amide bonds. The van der Waals surface area contributed by atoms with E-state index in [1.807, 2.05) is 6.92 Å². The molecule has 1 aliphatic rings. The van der Waals surface area contributed by atoms with Crippen molar-refractivity contribution in [2.45, 2.75) is 24.3 Å². The molecule has 1 unspecified atom stereocenters. The molecule has 1 aromatic carbocycles. The Morgan fingerprint density at radius 2 is 2.12 bits per heavy atom. The second-order valence-electron chi connectivity index (χ2n) is 3.96. The van der Waals surface area contributed by atoms with Crippen molar-refractivity contribution in [3.05, 3.63) is 29.8 Å². The van der Waals surface area contributed by atoms with Gasteiger partial charge in [0.05, 0.1) is 11.4 Å². The topological polar surface area (TPSA) is 84.5 Å². The lowest BCUT2D eigenvalue weighted by molar-refractivity contribution is 0.595. The highest BCUT2D eigenvalue weighted by atomic mass is 32.2. The fourth-order valence-electron chi connectivity index (χ4n) is 1.59. The zero-order valence-corrected chi connectivity index (χ0v) is 10.4. The normalized spacial score (nSPS) is 20.9. The maximum Gasteiger partial charge on any atom is 0.263 e. The molecule has 92 valence electrons. The Balaban J connectivity index is 2.35. The average molecular weight is 253 g/mol. The summed E-state index contributed by atoms with van der Waals surface area (Å²) in [6.45, 7) is 2.39. The Morgan fingerprint density at radius 1 is 1.41 bits per heavy atom. The predicted molar refractivity (Wildman–Crippen MR) is 66.4 cm³/mol. The molecule has 0 radical (unpaired) electrons. The molecule has 0 fully saturated rings. The van der Waals surface area contributed by atoms with Gasteiger partial charge in [0, 0.05) is 11.6 Å². The van der Waals surface area contributed by atoms with Gasteiger partial charge in [-0.25, -0.2) is 8.42 Å². The molecule has 0 bridgehead atoms. The number of fused-ring (bicyclic) bond motifs is 1. The third-order valence-electron chi connectivity index (χ3n) is 2.67. The molecular formula is C11H15N3O2S. The van der Waals surface area contributed by atoms with E-state index >= 15 is 0 Å². The van der Waals surface area contributed by atoms with Gasteiger partial charge in [-0.2, -0.15) is 0 Å². The Bertz CT molecular complexity index is 552. The molecule has 0 spiro atoms. The number of amidine groups is 1. The maximum absolute atomic E-state index is 11.8. The molecule has 0 aliphatic carbocycles. The molecule has 1 aromatic rings. The minimum atomic E-state index is -3.43. The zero-order valence-electron chi connectivity index (χ0n) is 9.55. The van der Waals surface area contributed by atoms with Gasteiger partial charge >= 0.3 is 0 Å². The molecule has 3 N–H and O–H groups in total. The summed E-state index contributed by atoms with van der Waals surface area (Å²) >= 11 is 0. The lowest BCUT2D eigenvalue weighted by atomic mass is 10.2. The van der Waals surface area contributed by atoms with E-state index in [-0.39, 0.29) is 10.9 Å². The molecular weight excluding hydrogens is 238 g/mol. The van der Waals surface area contributed by atoms with Crippen molar-refractivity contribution >= 4 is 15.9 Å². The summed E-state index contributed by atoms with van der Waals surface area (Å²) in [7, 11) is -3.43. The van der Waals surface area contributed by atoms with E-state index in [4.69, 9.17) is 5.73 Å². The fraction of sp³-hybridized carbons (Fsp3) is 0.364. The Hall–Kier alpha value is -1.40. The molecule has 6 heteroatoms. The number of nitrogens with two attached hydrogens (primary N) is 1. The summed E-state index contributed by atoms with van der Waals surface area (Å²) in [4.78, 5) is 4.51. The van der Waals surface area contributed by atoms with Gasteiger partial charge in [0.15, 0.2) is 0 Å². The molecule has 0 aromatic heterocycles. The smallest absolute Gasteiger partial charge is 0.263 e. The van der Waals surface area contributed by atoms with Crippen LogP contribution in [0.3, 0.4) is 0 Å². The van der Waals surface area contributed by atoms with Crippen LogP contribution in [-0.4, -0.2) is 26.8 Å². The van der Waals surface area contributed by atoms with E-state index in [9.17, 15) is 8.42 Å². The highest BCUT2D eigenvalue weighted by Crippen LogP contribution is 2.22. The number of benzene rings is 1. The molecule has 2 rings (SSSR count). The first-order valence-corrected chi connectivity index (χ1v) is 6.95. The highest BCUT2D eigenvalue weighted by Gasteiger charge is 2.29. The van der Waals surface area contributed by atoms with Crippen LogP contribution in [0.15, 0.2) is 34.2 Å². The molecule has 1 aliphatic heterocycles. The molecule has 17 heavy (non-hydrogen) atoms. The van der Waals surface area contributed by atoms with Gasteiger partial charge in [0.25, 0.3) is 10.0 Å². The number of aliphatic imine (C=N–C) groups is 1. The first-order chi connectivity index (χ1) is 8.04. The van der Waals surface area contributed by atoms with Crippen LogP contribution in [0.4, 0.5) is 0 Å². The highest BCUT2D eigenvalue weighted by molar-refractivity contribution is 7.90. The van der Waals surface area contributed by atoms with Crippen molar-refractivity contribution in [1.29, 1.82) is 0 Å². The molecule has 5 nitrogen and oxygen atoms in total. The first-order valence-electron chi connectivity index (χ1n) is 5.47. The summed E-state index contributed by atoms with van der Waals surface area (Å²) in [5.74, 6) is 0.393. The fourth-order valence-corrected chi connectivity index (χ4v) is 2.84. The Kier molecular flexibility index (Phi) is 3.17. The summed E-state index contributed by atoms with van der Waals surface area (Å²) in [5, 5.41) is 0. The van der Waals surface area contributed by atoms with E-state index in [1.54, 1.807) is 24.3 Å². The van der Waals surface area contributed by atoms with Gasteiger partial charge in [0.1, 0.15) is 5.84 Å². The van der Waals surface area contributed by atoms with Crippen LogP contribution in [0, 0.1) is 0 Å². The van der Waals surface area contributed by atoms with E-state index in [0.717, 1.165) is 6.42 Å². The van der Waals surface area contributed by atoms with Gasteiger partial charge in [-0.1, -0.05) is 19.1 Å². The summed E-state index contributed by atoms with van der Waals surface area (Å²) in [5.41, 5.74) is 6.38. The molecule has 0 saturated heterocycles. The average Bonchev–Trinajstić information content (AvgIpc) is 2.59. The number of sulfonamides is 1. The third-order valence-corrected chi connectivity index (χ3v) is 4.07. The number of nitrogens with one attached hydrogen (secondary N) is 1. The summed E-state index contributed by atoms with van der Waals surface area (Å²) < 4.78 is 26.0. The van der Waals surface area contributed by atoms with Crippen LogP contribution in [0.2, 0.25) is 0 Å². The van der Waals surface area contributed by atoms with Crippen molar-refractivity contribution in [2.24, 2.45) is 10.7 Å². The van der Waals surface area contributed by atoms with E-state index in [2.05, 4.69) is 9.71 Å². The standard InChI is InChI=1S/C11H15N3O2S/c1-2-8(12)7-13-11-9-5-3-4-6-10(9)17(15,16)14-11/h3-6,8H,2,7,12H2,1H3,(H,13,14). The van der Waals surface area contributed by atoms with Crippen LogP contribution in [0.25, 0.3) is 0 Å². The minimum Gasteiger partial charge on any atom is -0.326 e. The lowest BCUT2D eigenvalue weighted by Crippen LogP contribution is -2.26. The van der Waals surface area contributed by atoms with Crippen molar-refractivity contribution in [3.8, 4) is 0 Å². The van der Waals surface area contributed by atoms with Gasteiger partial charge in [-0.15, -0.1) is 0 Å². The lowest BCUT2D eigenvalue weighted by Gasteiger charge is -2.05. The summed E-state index contributed by atoms with van der Waals surface area (Å²) in [6.07, 6.45) is 0.811.